The van der Waals surface area contributed by atoms with E-state index >= 15 is 0 Å². The number of sulfonamides is 1. The molecule has 0 unspecified atom stereocenters. The average molecular weight is 513 g/mol. The first-order valence-corrected chi connectivity index (χ1v) is 11.2. The fraction of sp³-hybridized carbons (Fsp3) is 0.250. The van der Waals surface area contributed by atoms with Gasteiger partial charge in [-0.2, -0.15) is 18.3 Å². The third-order valence-corrected chi connectivity index (χ3v) is 6.21. The van der Waals surface area contributed by atoms with E-state index in [1.165, 1.54) is 7.11 Å². The number of hydrogen-bond donors (Lipinski definition) is 1. The SMILES string of the molecule is COc1cc(C(F)(F)F)nc(OC)c1S(=O)(=O)Nc1noc2cc(Cn3cccn3)cc(OC)c12. The van der Waals surface area contributed by atoms with Gasteiger partial charge in [0, 0.05) is 18.5 Å². The second kappa shape index (κ2) is 8.98. The number of benzene rings is 1. The molecule has 0 aliphatic carbocycles. The number of rotatable bonds is 8. The third-order valence-electron chi connectivity index (χ3n) is 4.83. The summed E-state index contributed by atoms with van der Waals surface area (Å²) in [4.78, 5) is 2.54. The minimum absolute atomic E-state index is 0.193. The van der Waals surface area contributed by atoms with Gasteiger partial charge in [-0.15, -0.1) is 0 Å². The molecule has 0 amide bonds. The Bertz CT molecular complexity index is 1440. The van der Waals surface area contributed by atoms with Crippen LogP contribution in [0.3, 0.4) is 0 Å². The van der Waals surface area contributed by atoms with Crippen LogP contribution in [0.1, 0.15) is 11.3 Å². The van der Waals surface area contributed by atoms with Gasteiger partial charge in [-0.25, -0.2) is 13.4 Å². The Hall–Kier alpha value is -4.01. The van der Waals surface area contributed by atoms with Gasteiger partial charge in [-0.05, 0) is 23.8 Å². The summed E-state index contributed by atoms with van der Waals surface area (Å²) < 4.78 is 90.3. The molecule has 0 fully saturated rings. The van der Waals surface area contributed by atoms with Gasteiger partial charge in [-0.3, -0.25) is 9.40 Å². The second-order valence-electron chi connectivity index (χ2n) is 7.06. The molecule has 3 aromatic heterocycles. The van der Waals surface area contributed by atoms with Crippen molar-refractivity contribution in [2.45, 2.75) is 17.6 Å². The molecule has 0 atom stereocenters. The molecule has 1 N–H and O–H groups in total. The van der Waals surface area contributed by atoms with Crippen LogP contribution >= 0.6 is 0 Å². The standard InChI is InChI=1S/C20H18F3N5O6S/c1-31-12-7-11(10-28-6-4-5-24-28)8-13-16(12)18(26-34-13)27-35(29,30)17-14(32-2)9-15(20(21,22)23)25-19(17)33-3/h4-9H,10H2,1-3H3,(H,26,27). The van der Waals surface area contributed by atoms with Crippen LogP contribution in [0.2, 0.25) is 0 Å². The van der Waals surface area contributed by atoms with Crippen molar-refractivity contribution >= 4 is 26.8 Å². The zero-order chi connectivity index (χ0) is 25.4. The highest BCUT2D eigenvalue weighted by Gasteiger charge is 2.38. The number of pyridine rings is 1. The fourth-order valence-electron chi connectivity index (χ4n) is 3.34. The van der Waals surface area contributed by atoms with Gasteiger partial charge in [0.2, 0.25) is 5.88 Å². The summed E-state index contributed by atoms with van der Waals surface area (Å²) in [5.41, 5.74) is -0.448. The van der Waals surface area contributed by atoms with Crippen LogP contribution in [0.4, 0.5) is 19.0 Å². The maximum absolute atomic E-state index is 13.2. The summed E-state index contributed by atoms with van der Waals surface area (Å²) in [6.45, 7) is 0.382. The molecule has 4 aromatic rings. The number of nitrogens with one attached hydrogen (secondary N) is 1. The maximum Gasteiger partial charge on any atom is 0.433 e. The van der Waals surface area contributed by atoms with Gasteiger partial charge in [0.05, 0.1) is 27.9 Å². The summed E-state index contributed by atoms with van der Waals surface area (Å²) in [6, 6.07) is 5.50. The van der Waals surface area contributed by atoms with E-state index in [1.54, 1.807) is 35.3 Å². The summed E-state index contributed by atoms with van der Waals surface area (Å²) in [5.74, 6) is -1.46. The van der Waals surface area contributed by atoms with Crippen molar-refractivity contribution in [3.63, 3.8) is 0 Å². The van der Waals surface area contributed by atoms with Crippen LogP contribution < -0.4 is 18.9 Å². The highest BCUT2D eigenvalue weighted by Crippen LogP contribution is 2.40. The van der Waals surface area contributed by atoms with Crippen molar-refractivity contribution in [1.82, 2.24) is 19.9 Å². The number of alkyl halides is 3. The van der Waals surface area contributed by atoms with Gasteiger partial charge in [-0.1, -0.05) is 5.16 Å². The maximum atomic E-state index is 13.2. The number of aromatic nitrogens is 4. The van der Waals surface area contributed by atoms with E-state index in [1.807, 2.05) is 0 Å². The van der Waals surface area contributed by atoms with Crippen molar-refractivity contribution in [2.75, 3.05) is 26.1 Å². The molecule has 0 saturated carbocycles. The van der Waals surface area contributed by atoms with E-state index in [2.05, 4.69) is 20.0 Å². The Labute approximate surface area is 196 Å². The molecule has 0 aliphatic rings. The minimum atomic E-state index is -4.86. The van der Waals surface area contributed by atoms with Gasteiger partial charge >= 0.3 is 6.18 Å². The quantitative estimate of drug-likeness (QED) is 0.377. The molecule has 0 bridgehead atoms. The summed E-state index contributed by atoms with van der Waals surface area (Å²) in [5, 5.41) is 8.09. The molecular formula is C20H18F3N5O6S. The van der Waals surface area contributed by atoms with Crippen LogP contribution in [-0.4, -0.2) is 49.7 Å². The average Bonchev–Trinajstić information content (AvgIpc) is 3.46. The van der Waals surface area contributed by atoms with Crippen molar-refractivity contribution in [2.24, 2.45) is 0 Å². The van der Waals surface area contributed by atoms with Crippen LogP contribution in [0, 0.1) is 0 Å². The zero-order valence-corrected chi connectivity index (χ0v) is 19.3. The first-order chi connectivity index (χ1) is 16.6. The first-order valence-electron chi connectivity index (χ1n) is 9.74. The van der Waals surface area contributed by atoms with Crippen LogP contribution in [0.5, 0.6) is 17.4 Å². The van der Waals surface area contributed by atoms with Crippen molar-refractivity contribution in [3.05, 3.63) is 47.9 Å². The summed E-state index contributed by atoms with van der Waals surface area (Å²) in [7, 11) is -1.24. The number of ether oxygens (including phenoxy) is 3. The predicted octanol–water partition coefficient (Wildman–Crippen LogP) is 3.31. The highest BCUT2D eigenvalue weighted by molar-refractivity contribution is 7.93. The molecule has 3 heterocycles. The fourth-order valence-corrected chi connectivity index (χ4v) is 4.60. The molecule has 0 radical (unpaired) electrons. The molecule has 0 aliphatic heterocycles. The third kappa shape index (κ3) is 4.66. The number of hydrogen-bond acceptors (Lipinski definition) is 9. The van der Waals surface area contributed by atoms with Gasteiger partial charge < -0.3 is 18.7 Å². The topological polar surface area (TPSA) is 131 Å². The van der Waals surface area contributed by atoms with E-state index < -0.39 is 38.4 Å². The molecule has 35 heavy (non-hydrogen) atoms. The summed E-state index contributed by atoms with van der Waals surface area (Å²) in [6.07, 6.45) is -1.48. The lowest BCUT2D eigenvalue weighted by molar-refractivity contribution is -0.141. The lowest BCUT2D eigenvalue weighted by Crippen LogP contribution is -2.18. The van der Waals surface area contributed by atoms with Crippen LogP contribution in [-0.2, 0) is 22.7 Å². The van der Waals surface area contributed by atoms with E-state index in [0.29, 0.717) is 12.6 Å². The molecule has 11 nitrogen and oxygen atoms in total. The van der Waals surface area contributed by atoms with Gasteiger partial charge in [0.25, 0.3) is 10.0 Å². The number of halogens is 3. The zero-order valence-electron chi connectivity index (χ0n) is 18.5. The molecule has 186 valence electrons. The predicted molar refractivity (Wildman–Crippen MR) is 115 cm³/mol. The summed E-state index contributed by atoms with van der Waals surface area (Å²) >= 11 is 0. The largest absolute Gasteiger partial charge is 0.496 e. The van der Waals surface area contributed by atoms with Crippen molar-refractivity contribution < 1.29 is 40.3 Å². The van der Waals surface area contributed by atoms with E-state index in [-0.39, 0.29) is 22.5 Å². The molecule has 0 saturated heterocycles. The molecule has 15 heteroatoms. The lowest BCUT2D eigenvalue weighted by atomic mass is 10.1. The van der Waals surface area contributed by atoms with Crippen LogP contribution in [0.25, 0.3) is 11.0 Å². The van der Waals surface area contributed by atoms with Crippen LogP contribution in [0.15, 0.2) is 46.1 Å². The normalized spacial score (nSPS) is 12.1. The lowest BCUT2D eigenvalue weighted by Gasteiger charge is -2.16. The van der Waals surface area contributed by atoms with E-state index in [4.69, 9.17) is 18.7 Å². The Balaban J connectivity index is 1.77. The molecule has 1 aromatic carbocycles. The Morgan fingerprint density at radius 1 is 1.09 bits per heavy atom. The van der Waals surface area contributed by atoms with E-state index in [9.17, 15) is 21.6 Å². The van der Waals surface area contributed by atoms with E-state index in [0.717, 1.165) is 19.8 Å². The smallest absolute Gasteiger partial charge is 0.433 e. The monoisotopic (exact) mass is 513 g/mol. The van der Waals surface area contributed by atoms with Gasteiger partial charge in [0.15, 0.2) is 22.0 Å². The number of anilines is 1. The van der Waals surface area contributed by atoms with Crippen molar-refractivity contribution in [1.29, 1.82) is 0 Å². The minimum Gasteiger partial charge on any atom is -0.496 e. The Morgan fingerprint density at radius 2 is 1.83 bits per heavy atom. The van der Waals surface area contributed by atoms with Crippen molar-refractivity contribution in [3.8, 4) is 17.4 Å². The van der Waals surface area contributed by atoms with Gasteiger partial charge in [0.1, 0.15) is 16.9 Å². The Morgan fingerprint density at radius 3 is 2.43 bits per heavy atom. The first kappa shape index (κ1) is 24.1. The Kier molecular flexibility index (Phi) is 6.19. The number of methoxy groups -OCH3 is 3. The molecular weight excluding hydrogens is 495 g/mol. The highest BCUT2D eigenvalue weighted by atomic mass is 32.2. The molecule has 4 rings (SSSR count). The molecule has 0 spiro atoms. The second-order valence-corrected chi connectivity index (χ2v) is 8.68. The number of nitrogens with zero attached hydrogens (tertiary/aromatic N) is 4. The number of fused-ring (bicyclic) bond motifs is 1.